The third-order valence-electron chi connectivity index (χ3n) is 3.65. The van der Waals surface area contributed by atoms with Crippen LogP contribution in [-0.4, -0.2) is 26.2 Å². The molecule has 0 aromatic heterocycles. The molecule has 28 heavy (non-hydrogen) atoms. The van der Waals surface area contributed by atoms with Crippen LogP contribution < -0.4 is 19.5 Å². The summed E-state index contributed by atoms with van der Waals surface area (Å²) in [5, 5.41) is 12.4. The van der Waals surface area contributed by atoms with Crippen molar-refractivity contribution in [3.63, 3.8) is 0 Å². The first kappa shape index (κ1) is 21.1. The molecular weight excluding hydrogens is 380 g/mol. The quantitative estimate of drug-likeness (QED) is 0.513. The molecule has 0 radical (unpaired) electrons. The van der Waals surface area contributed by atoms with Crippen molar-refractivity contribution in [3.8, 4) is 23.3 Å². The van der Waals surface area contributed by atoms with Crippen molar-refractivity contribution in [1.82, 2.24) is 0 Å². The Bertz CT molecular complexity index is 919. The van der Waals surface area contributed by atoms with Crippen LogP contribution in [0.25, 0.3) is 6.08 Å². The molecule has 2 aromatic carbocycles. The van der Waals surface area contributed by atoms with E-state index in [1.807, 2.05) is 19.9 Å². The maximum absolute atomic E-state index is 12.5. The molecule has 0 heterocycles. The van der Waals surface area contributed by atoms with E-state index in [0.717, 1.165) is 0 Å². The second-order valence-electron chi connectivity index (χ2n) is 5.55. The standard InChI is InChI=1S/C21H21ClN2O4/c1-4-27-19-8-6-14(11-20(19)28-5-2)10-15(13-23)21(25)24-16-7-9-18(26-3)17(22)12-16/h6-12H,4-5H2,1-3H3,(H,24,25)/b15-10-. The number of ether oxygens (including phenoxy) is 3. The predicted molar refractivity (Wildman–Crippen MR) is 109 cm³/mol. The van der Waals surface area contributed by atoms with Gasteiger partial charge in [-0.1, -0.05) is 17.7 Å². The Morgan fingerprint density at radius 1 is 1.11 bits per heavy atom. The Morgan fingerprint density at radius 3 is 2.39 bits per heavy atom. The number of nitrogens with zero attached hydrogens (tertiary/aromatic N) is 1. The number of rotatable bonds is 8. The van der Waals surface area contributed by atoms with Crippen molar-refractivity contribution in [2.75, 3.05) is 25.6 Å². The first-order valence-electron chi connectivity index (χ1n) is 8.68. The van der Waals surface area contributed by atoms with E-state index in [0.29, 0.717) is 46.7 Å². The van der Waals surface area contributed by atoms with E-state index >= 15 is 0 Å². The second-order valence-corrected chi connectivity index (χ2v) is 5.95. The largest absolute Gasteiger partial charge is 0.495 e. The van der Waals surface area contributed by atoms with Crippen molar-refractivity contribution in [2.45, 2.75) is 13.8 Å². The summed E-state index contributed by atoms with van der Waals surface area (Å²) >= 11 is 6.06. The lowest BCUT2D eigenvalue weighted by molar-refractivity contribution is -0.112. The molecule has 0 spiro atoms. The highest BCUT2D eigenvalue weighted by Gasteiger charge is 2.12. The average Bonchev–Trinajstić information content (AvgIpc) is 2.68. The van der Waals surface area contributed by atoms with Gasteiger partial charge >= 0.3 is 0 Å². The van der Waals surface area contributed by atoms with Crippen LogP contribution in [0.4, 0.5) is 5.69 Å². The highest BCUT2D eigenvalue weighted by Crippen LogP contribution is 2.30. The SMILES string of the molecule is CCOc1ccc(/C=C(/C#N)C(=O)Nc2ccc(OC)c(Cl)c2)cc1OCC. The molecule has 0 saturated heterocycles. The third-order valence-corrected chi connectivity index (χ3v) is 3.95. The van der Waals surface area contributed by atoms with Crippen LogP contribution in [0.1, 0.15) is 19.4 Å². The van der Waals surface area contributed by atoms with E-state index in [4.69, 9.17) is 25.8 Å². The number of nitrogens with one attached hydrogen (secondary N) is 1. The van der Waals surface area contributed by atoms with Gasteiger partial charge in [-0.3, -0.25) is 4.79 Å². The summed E-state index contributed by atoms with van der Waals surface area (Å²) in [5.74, 6) is 1.11. The Labute approximate surface area is 169 Å². The fourth-order valence-electron chi connectivity index (χ4n) is 2.42. The van der Waals surface area contributed by atoms with Crippen LogP contribution in [0, 0.1) is 11.3 Å². The van der Waals surface area contributed by atoms with Crippen LogP contribution in [0.15, 0.2) is 42.0 Å². The van der Waals surface area contributed by atoms with E-state index in [9.17, 15) is 10.1 Å². The molecule has 0 aliphatic rings. The van der Waals surface area contributed by atoms with Gasteiger partial charge in [-0.05, 0) is 55.8 Å². The van der Waals surface area contributed by atoms with E-state index in [-0.39, 0.29) is 5.57 Å². The number of hydrogen-bond acceptors (Lipinski definition) is 5. The Hall–Kier alpha value is -3.17. The lowest BCUT2D eigenvalue weighted by Gasteiger charge is -2.11. The van der Waals surface area contributed by atoms with Crippen molar-refractivity contribution >= 4 is 29.3 Å². The maximum atomic E-state index is 12.5. The van der Waals surface area contributed by atoms with Gasteiger partial charge in [-0.2, -0.15) is 5.26 Å². The number of anilines is 1. The zero-order valence-corrected chi connectivity index (χ0v) is 16.7. The van der Waals surface area contributed by atoms with Gasteiger partial charge in [0.1, 0.15) is 17.4 Å². The number of amides is 1. The van der Waals surface area contributed by atoms with Crippen LogP contribution in [0.3, 0.4) is 0 Å². The Kier molecular flexibility index (Phi) is 7.73. The maximum Gasteiger partial charge on any atom is 0.266 e. The minimum atomic E-state index is -0.546. The summed E-state index contributed by atoms with van der Waals surface area (Å²) in [6.45, 7) is 4.72. The lowest BCUT2D eigenvalue weighted by atomic mass is 10.1. The molecule has 0 unspecified atom stereocenters. The molecule has 2 rings (SSSR count). The minimum Gasteiger partial charge on any atom is -0.495 e. The summed E-state index contributed by atoms with van der Waals surface area (Å²) in [6, 6.07) is 12.0. The molecule has 0 fully saturated rings. The van der Waals surface area contributed by atoms with Gasteiger partial charge in [-0.15, -0.1) is 0 Å². The first-order valence-corrected chi connectivity index (χ1v) is 9.06. The number of hydrogen-bond donors (Lipinski definition) is 1. The molecule has 2 aromatic rings. The highest BCUT2D eigenvalue weighted by molar-refractivity contribution is 6.32. The molecule has 0 saturated carbocycles. The van der Waals surface area contributed by atoms with Gasteiger partial charge < -0.3 is 19.5 Å². The molecule has 1 amide bonds. The first-order chi connectivity index (χ1) is 13.5. The van der Waals surface area contributed by atoms with Crippen molar-refractivity contribution in [2.24, 2.45) is 0 Å². The van der Waals surface area contributed by atoms with E-state index < -0.39 is 5.91 Å². The number of nitriles is 1. The van der Waals surface area contributed by atoms with Gasteiger partial charge in [-0.25, -0.2) is 0 Å². The van der Waals surface area contributed by atoms with Crippen molar-refractivity contribution in [3.05, 3.63) is 52.6 Å². The molecule has 146 valence electrons. The smallest absolute Gasteiger partial charge is 0.266 e. The monoisotopic (exact) mass is 400 g/mol. The van der Waals surface area contributed by atoms with Crippen molar-refractivity contribution < 1.29 is 19.0 Å². The number of carbonyl (C=O) groups excluding carboxylic acids is 1. The Morgan fingerprint density at radius 2 is 1.79 bits per heavy atom. The molecule has 0 aliphatic carbocycles. The fourth-order valence-corrected chi connectivity index (χ4v) is 2.67. The third kappa shape index (κ3) is 5.41. The second kappa shape index (κ2) is 10.2. The van der Waals surface area contributed by atoms with Gasteiger partial charge in [0.2, 0.25) is 0 Å². The summed E-state index contributed by atoms with van der Waals surface area (Å²) in [7, 11) is 1.50. The van der Waals surface area contributed by atoms with E-state index in [1.54, 1.807) is 36.4 Å². The molecule has 1 N–H and O–H groups in total. The van der Waals surface area contributed by atoms with Gasteiger partial charge in [0.15, 0.2) is 11.5 Å². The van der Waals surface area contributed by atoms with Crippen LogP contribution >= 0.6 is 11.6 Å². The van der Waals surface area contributed by atoms with E-state index in [1.165, 1.54) is 13.2 Å². The van der Waals surface area contributed by atoms with Crippen LogP contribution in [-0.2, 0) is 4.79 Å². The number of benzene rings is 2. The molecule has 0 aliphatic heterocycles. The van der Waals surface area contributed by atoms with Gasteiger partial charge in [0, 0.05) is 5.69 Å². The highest BCUT2D eigenvalue weighted by atomic mass is 35.5. The number of carbonyl (C=O) groups is 1. The minimum absolute atomic E-state index is 0.0569. The molecular formula is C21H21ClN2O4. The molecule has 0 atom stereocenters. The topological polar surface area (TPSA) is 80.6 Å². The number of methoxy groups -OCH3 is 1. The summed E-state index contributed by atoms with van der Waals surface area (Å²) in [6.07, 6.45) is 1.48. The zero-order chi connectivity index (χ0) is 20.5. The summed E-state index contributed by atoms with van der Waals surface area (Å²) in [5.41, 5.74) is 1.04. The normalized spacial score (nSPS) is 10.8. The van der Waals surface area contributed by atoms with Gasteiger partial charge in [0.05, 0.1) is 25.3 Å². The zero-order valence-electron chi connectivity index (χ0n) is 15.9. The van der Waals surface area contributed by atoms with Gasteiger partial charge in [0.25, 0.3) is 5.91 Å². The van der Waals surface area contributed by atoms with E-state index in [2.05, 4.69) is 5.32 Å². The van der Waals surface area contributed by atoms with Crippen LogP contribution in [0.5, 0.6) is 17.2 Å². The Balaban J connectivity index is 2.25. The number of halogens is 1. The summed E-state index contributed by atoms with van der Waals surface area (Å²) in [4.78, 5) is 12.5. The molecule has 6 nitrogen and oxygen atoms in total. The fraction of sp³-hybridized carbons (Fsp3) is 0.238. The van der Waals surface area contributed by atoms with Crippen LogP contribution in [0.2, 0.25) is 5.02 Å². The van der Waals surface area contributed by atoms with Crippen molar-refractivity contribution in [1.29, 1.82) is 5.26 Å². The molecule has 0 bridgehead atoms. The predicted octanol–water partition coefficient (Wildman–Crippen LogP) is 4.69. The summed E-state index contributed by atoms with van der Waals surface area (Å²) < 4.78 is 16.2. The average molecular weight is 401 g/mol. The molecule has 7 heteroatoms. The lowest BCUT2D eigenvalue weighted by Crippen LogP contribution is -2.13.